The molecule has 244 valence electrons. The molecule has 0 aliphatic heterocycles. The highest BCUT2D eigenvalue weighted by Gasteiger charge is 2.35. The quantitative estimate of drug-likeness (QED) is 0.268. The molecule has 1 aromatic heterocycles. The van der Waals surface area contributed by atoms with Crippen LogP contribution in [0.15, 0.2) is 24.4 Å². The number of aromatic nitrogens is 2. The Balaban J connectivity index is 0.000000649. The van der Waals surface area contributed by atoms with Crippen LogP contribution in [0.3, 0.4) is 0 Å². The molecular formula is C28H34F7N5O4. The van der Waals surface area contributed by atoms with E-state index >= 15 is 0 Å². The lowest BCUT2D eigenvalue weighted by molar-refractivity contribution is -0.275. The van der Waals surface area contributed by atoms with Gasteiger partial charge in [0, 0.05) is 23.9 Å². The maximum atomic E-state index is 14.6. The van der Waals surface area contributed by atoms with Crippen LogP contribution in [0.4, 0.5) is 36.4 Å². The molecule has 44 heavy (non-hydrogen) atoms. The summed E-state index contributed by atoms with van der Waals surface area (Å²) < 4.78 is 95.6. The highest BCUT2D eigenvalue weighted by atomic mass is 19.4. The van der Waals surface area contributed by atoms with Gasteiger partial charge in [0.2, 0.25) is 11.8 Å². The van der Waals surface area contributed by atoms with Crippen molar-refractivity contribution in [2.75, 3.05) is 18.4 Å². The van der Waals surface area contributed by atoms with Gasteiger partial charge in [-0.25, -0.2) is 4.39 Å². The zero-order valence-corrected chi connectivity index (χ0v) is 24.2. The van der Waals surface area contributed by atoms with E-state index in [9.17, 15) is 45.1 Å². The third kappa shape index (κ3) is 11.3. The second-order valence-electron chi connectivity index (χ2n) is 11.1. The maximum Gasteiger partial charge on any atom is 0.573 e. The molecule has 1 aromatic carbocycles. The number of halogens is 7. The minimum Gasteiger partial charge on any atom is -0.405 e. The molecule has 9 nitrogen and oxygen atoms in total. The van der Waals surface area contributed by atoms with Gasteiger partial charge >= 0.3 is 12.5 Å². The van der Waals surface area contributed by atoms with Crippen LogP contribution in [-0.4, -0.2) is 53.1 Å². The second kappa shape index (κ2) is 14.3. The Morgan fingerprint density at radius 1 is 1.00 bits per heavy atom. The summed E-state index contributed by atoms with van der Waals surface area (Å²) in [5.74, 6) is -4.81. The summed E-state index contributed by atoms with van der Waals surface area (Å²) in [5, 5.41) is 9.66. The number of anilines is 1. The molecule has 2 aliphatic rings. The summed E-state index contributed by atoms with van der Waals surface area (Å²) in [7, 11) is 0. The first-order valence-electron chi connectivity index (χ1n) is 14.0. The summed E-state index contributed by atoms with van der Waals surface area (Å²) in [6, 6.07) is 2.06. The molecule has 2 aromatic rings. The van der Waals surface area contributed by atoms with Gasteiger partial charge in [0.25, 0.3) is 5.91 Å². The van der Waals surface area contributed by atoms with Crippen LogP contribution in [0.1, 0.15) is 80.9 Å². The Bertz CT molecular complexity index is 1310. The van der Waals surface area contributed by atoms with Gasteiger partial charge in [0.1, 0.15) is 23.8 Å². The van der Waals surface area contributed by atoms with E-state index in [1.165, 1.54) is 34.1 Å². The summed E-state index contributed by atoms with van der Waals surface area (Å²) in [6.07, 6.45) is -0.953. The highest BCUT2D eigenvalue weighted by Crippen LogP contribution is 2.44. The number of ether oxygens (including phenoxy) is 1. The normalized spacial score (nSPS) is 15.6. The van der Waals surface area contributed by atoms with E-state index in [1.807, 2.05) is 5.32 Å². The second-order valence-corrected chi connectivity index (χ2v) is 11.1. The number of carbonyl (C=O) groups excluding carboxylic acids is 3. The molecule has 3 amide bonds. The topological polar surface area (TPSA) is 114 Å². The van der Waals surface area contributed by atoms with Crippen LogP contribution in [0.2, 0.25) is 0 Å². The lowest BCUT2D eigenvalue weighted by atomic mass is 9.98. The van der Waals surface area contributed by atoms with Crippen LogP contribution < -0.4 is 20.7 Å². The summed E-state index contributed by atoms with van der Waals surface area (Å²) in [5.41, 5.74) is -1.39. The molecule has 0 bridgehead atoms. The van der Waals surface area contributed by atoms with Crippen LogP contribution >= 0.6 is 0 Å². The van der Waals surface area contributed by atoms with Gasteiger partial charge in [0.05, 0.1) is 18.2 Å². The largest absolute Gasteiger partial charge is 0.573 e. The van der Waals surface area contributed by atoms with Crippen LogP contribution in [0.5, 0.6) is 5.75 Å². The van der Waals surface area contributed by atoms with Crippen molar-refractivity contribution in [2.45, 2.75) is 77.4 Å². The fourth-order valence-electron chi connectivity index (χ4n) is 4.23. The number of nitrogens with one attached hydrogen (secondary N) is 3. The Labute approximate surface area is 248 Å². The third-order valence-corrected chi connectivity index (χ3v) is 6.78. The zero-order chi connectivity index (χ0) is 32.8. The van der Waals surface area contributed by atoms with Crippen LogP contribution in [0, 0.1) is 17.7 Å². The van der Waals surface area contributed by atoms with Crippen molar-refractivity contribution < 1.29 is 49.9 Å². The van der Waals surface area contributed by atoms with Crippen molar-refractivity contribution in [1.82, 2.24) is 20.4 Å². The summed E-state index contributed by atoms with van der Waals surface area (Å²) in [6.45, 7) is 2.00. The Morgan fingerprint density at radius 3 is 2.14 bits per heavy atom. The molecule has 16 heteroatoms. The third-order valence-electron chi connectivity index (χ3n) is 6.78. The van der Waals surface area contributed by atoms with E-state index in [0.29, 0.717) is 12.1 Å². The van der Waals surface area contributed by atoms with Crippen molar-refractivity contribution in [1.29, 1.82) is 0 Å². The molecule has 1 heterocycles. The SMILES string of the molecule is C1CC1CC1CC1.CC(C(=O)NCC(F)(F)F)c1cc(F)c(NC(=O)CNC(=O)c2ccnn2C(C)C)cc1OC(F)(F)F. The molecule has 2 saturated carbocycles. The number of carbonyl (C=O) groups is 3. The van der Waals surface area contributed by atoms with Crippen LogP contribution in [-0.2, 0) is 9.59 Å². The first-order valence-corrected chi connectivity index (χ1v) is 14.0. The molecule has 4 rings (SSSR count). The van der Waals surface area contributed by atoms with E-state index in [0.717, 1.165) is 6.92 Å². The highest BCUT2D eigenvalue weighted by molar-refractivity contribution is 5.98. The average Bonchev–Trinajstić information content (AvgIpc) is 3.86. The minimum absolute atomic E-state index is 0.122. The fourth-order valence-corrected chi connectivity index (χ4v) is 4.23. The number of benzene rings is 1. The minimum atomic E-state index is -5.32. The molecule has 2 aliphatic carbocycles. The average molecular weight is 638 g/mol. The van der Waals surface area contributed by atoms with Gasteiger partial charge in [0.15, 0.2) is 0 Å². The molecule has 0 saturated heterocycles. The maximum absolute atomic E-state index is 14.6. The molecule has 0 radical (unpaired) electrons. The monoisotopic (exact) mass is 637 g/mol. The van der Waals surface area contributed by atoms with Gasteiger partial charge in [-0.2, -0.15) is 18.3 Å². The van der Waals surface area contributed by atoms with Gasteiger partial charge < -0.3 is 20.7 Å². The van der Waals surface area contributed by atoms with E-state index in [-0.39, 0.29) is 11.7 Å². The number of amides is 3. The van der Waals surface area contributed by atoms with Gasteiger partial charge in [-0.05, 0) is 51.2 Å². The van der Waals surface area contributed by atoms with Crippen LogP contribution in [0.25, 0.3) is 0 Å². The number of alkyl halides is 6. The van der Waals surface area contributed by atoms with Crippen molar-refractivity contribution in [2.24, 2.45) is 11.8 Å². The lowest BCUT2D eigenvalue weighted by Crippen LogP contribution is -2.36. The standard InChI is InChI=1S/C21H22F7N5O4.C7H12/c1-10(2)33-15(4-5-31-33)19(36)29-8-17(34)32-14-7-16(37-21(26,27)28)12(6-13(14)22)11(3)18(35)30-9-20(23,24)25;1-2-6(1)5-7-3-4-7/h4-7,10-11H,8-9H2,1-3H3,(H,29,36)(H,30,35)(H,32,34);6-7H,1-5H2. The van der Waals surface area contributed by atoms with E-state index in [2.05, 4.69) is 15.2 Å². The van der Waals surface area contributed by atoms with Crippen molar-refractivity contribution in [3.8, 4) is 5.75 Å². The van der Waals surface area contributed by atoms with Crippen molar-refractivity contribution in [3.05, 3.63) is 41.5 Å². The van der Waals surface area contributed by atoms with Gasteiger partial charge in [-0.15, -0.1) is 13.2 Å². The predicted octanol–water partition coefficient (Wildman–Crippen LogP) is 5.85. The summed E-state index contributed by atoms with van der Waals surface area (Å²) >= 11 is 0. The Hall–Kier alpha value is -3.85. The smallest absolute Gasteiger partial charge is 0.405 e. The molecule has 2 fully saturated rings. The van der Waals surface area contributed by atoms with Crippen molar-refractivity contribution in [3.63, 3.8) is 0 Å². The molecule has 0 spiro atoms. The molecule has 1 unspecified atom stereocenters. The van der Waals surface area contributed by atoms with E-state index < -0.39 is 72.1 Å². The predicted molar refractivity (Wildman–Crippen MR) is 144 cm³/mol. The Morgan fingerprint density at radius 2 is 1.61 bits per heavy atom. The summed E-state index contributed by atoms with van der Waals surface area (Å²) in [4.78, 5) is 36.5. The Kier molecular flexibility index (Phi) is 11.2. The fraction of sp³-hybridized carbons (Fsp3) is 0.571. The lowest BCUT2D eigenvalue weighted by Gasteiger charge is -2.20. The first-order chi connectivity index (χ1) is 20.4. The van der Waals surface area contributed by atoms with Gasteiger partial charge in [-0.3, -0.25) is 19.1 Å². The molecule has 1 atom stereocenters. The number of hydrogen-bond donors (Lipinski definition) is 3. The number of hydrogen-bond acceptors (Lipinski definition) is 5. The first kappa shape index (κ1) is 34.6. The molecular weight excluding hydrogens is 603 g/mol. The number of rotatable bonds is 11. The molecule has 3 N–H and O–H groups in total. The number of nitrogens with zero attached hydrogens (tertiary/aromatic N) is 2. The van der Waals surface area contributed by atoms with Crippen molar-refractivity contribution >= 4 is 23.4 Å². The van der Waals surface area contributed by atoms with Gasteiger partial charge in [-0.1, -0.05) is 25.7 Å². The van der Waals surface area contributed by atoms with E-state index in [4.69, 9.17) is 0 Å². The van der Waals surface area contributed by atoms with E-state index in [1.54, 1.807) is 46.0 Å². The zero-order valence-electron chi connectivity index (χ0n) is 24.2.